The third-order valence-electron chi connectivity index (χ3n) is 1.82. The molecule has 0 bridgehead atoms. The minimum Gasteiger partial charge on any atom is -0.495 e. The minimum atomic E-state index is 0.443. The van der Waals surface area contributed by atoms with Gasteiger partial charge in [-0.15, -0.1) is 0 Å². The van der Waals surface area contributed by atoms with Crippen molar-refractivity contribution in [3.8, 4) is 5.75 Å². The van der Waals surface area contributed by atoms with Gasteiger partial charge in [0.25, 0.3) is 0 Å². The second-order valence-electron chi connectivity index (χ2n) is 3.02. The molecule has 0 aliphatic carbocycles. The molecule has 0 saturated carbocycles. The maximum Gasteiger partial charge on any atom is 0.140 e. The van der Waals surface area contributed by atoms with Crippen molar-refractivity contribution in [3.05, 3.63) is 28.8 Å². The molecule has 0 aliphatic rings. The third-order valence-corrected chi connectivity index (χ3v) is 2.12. The van der Waals surface area contributed by atoms with Gasteiger partial charge in [0.15, 0.2) is 0 Å². The molecule has 0 radical (unpaired) electrons. The average Bonchev–Trinajstić information content (AvgIpc) is 2.03. The Balaban J connectivity index is 3.18. The topological polar surface area (TPSA) is 9.23 Å². The fourth-order valence-corrected chi connectivity index (χ4v) is 1.45. The molecule has 0 atom stereocenters. The second kappa shape index (κ2) is 3.81. The summed E-state index contributed by atoms with van der Waals surface area (Å²) in [4.78, 5) is 0. The van der Waals surface area contributed by atoms with Crippen LogP contribution in [-0.4, -0.2) is 7.11 Å². The lowest BCUT2D eigenvalue weighted by atomic mass is 10.0. The van der Waals surface area contributed by atoms with Crippen LogP contribution in [0.4, 0.5) is 0 Å². The lowest BCUT2D eigenvalue weighted by molar-refractivity contribution is 0.408. The summed E-state index contributed by atoms with van der Waals surface area (Å²) in [5.41, 5.74) is 1.16. The second-order valence-corrected chi connectivity index (χ2v) is 3.42. The van der Waals surface area contributed by atoms with E-state index < -0.39 is 0 Å². The third kappa shape index (κ3) is 1.72. The molecule has 0 fully saturated rings. The van der Waals surface area contributed by atoms with Crippen LogP contribution in [0.3, 0.4) is 0 Å². The Morgan fingerprint density at radius 1 is 1.33 bits per heavy atom. The number of ether oxygens (including phenoxy) is 1. The average molecular weight is 185 g/mol. The monoisotopic (exact) mass is 184 g/mol. The Hall–Kier alpha value is -0.690. The molecule has 0 N–H and O–H groups in total. The van der Waals surface area contributed by atoms with Gasteiger partial charge in [0, 0.05) is 0 Å². The molecule has 1 nitrogen and oxygen atoms in total. The summed E-state index contributed by atoms with van der Waals surface area (Å²) in [5, 5.41) is 0.684. The van der Waals surface area contributed by atoms with Crippen molar-refractivity contribution in [1.29, 1.82) is 0 Å². The van der Waals surface area contributed by atoms with Crippen molar-refractivity contribution < 1.29 is 4.74 Å². The van der Waals surface area contributed by atoms with Crippen molar-refractivity contribution in [3.63, 3.8) is 0 Å². The highest BCUT2D eigenvalue weighted by Crippen LogP contribution is 2.32. The Kier molecular flexibility index (Phi) is 2.99. The van der Waals surface area contributed by atoms with Gasteiger partial charge in [-0.05, 0) is 17.5 Å². The van der Waals surface area contributed by atoms with Crippen LogP contribution in [0.2, 0.25) is 5.02 Å². The maximum absolute atomic E-state index is 5.95. The van der Waals surface area contributed by atoms with Crippen molar-refractivity contribution >= 4 is 11.6 Å². The predicted molar refractivity (Wildman–Crippen MR) is 52.1 cm³/mol. The van der Waals surface area contributed by atoms with Crippen molar-refractivity contribution in [2.45, 2.75) is 19.8 Å². The highest BCUT2D eigenvalue weighted by molar-refractivity contribution is 6.32. The van der Waals surface area contributed by atoms with Gasteiger partial charge in [0.1, 0.15) is 5.75 Å². The van der Waals surface area contributed by atoms with Crippen LogP contribution in [-0.2, 0) is 0 Å². The van der Waals surface area contributed by atoms with E-state index in [2.05, 4.69) is 13.8 Å². The highest BCUT2D eigenvalue weighted by Gasteiger charge is 2.09. The molecule has 0 aliphatic heterocycles. The van der Waals surface area contributed by atoms with Gasteiger partial charge in [-0.1, -0.05) is 37.6 Å². The number of hydrogen-bond donors (Lipinski definition) is 0. The number of halogens is 1. The van der Waals surface area contributed by atoms with E-state index in [1.807, 2.05) is 18.2 Å². The van der Waals surface area contributed by atoms with E-state index in [0.29, 0.717) is 10.9 Å². The molecular weight excluding hydrogens is 172 g/mol. The van der Waals surface area contributed by atoms with Crippen molar-refractivity contribution in [1.82, 2.24) is 0 Å². The zero-order valence-corrected chi connectivity index (χ0v) is 8.35. The van der Waals surface area contributed by atoms with Gasteiger partial charge in [0.05, 0.1) is 12.1 Å². The van der Waals surface area contributed by atoms with Gasteiger partial charge in [-0.25, -0.2) is 0 Å². The molecule has 1 aromatic rings. The van der Waals surface area contributed by atoms with E-state index in [1.54, 1.807) is 7.11 Å². The van der Waals surface area contributed by atoms with Crippen LogP contribution in [0, 0.1) is 0 Å². The molecule has 1 aromatic carbocycles. The van der Waals surface area contributed by atoms with Gasteiger partial charge >= 0.3 is 0 Å². The summed E-state index contributed by atoms with van der Waals surface area (Å²) in [6, 6.07) is 5.82. The summed E-state index contributed by atoms with van der Waals surface area (Å²) >= 11 is 5.95. The smallest absolute Gasteiger partial charge is 0.140 e. The summed E-state index contributed by atoms with van der Waals surface area (Å²) in [5.74, 6) is 1.24. The summed E-state index contributed by atoms with van der Waals surface area (Å²) in [6.07, 6.45) is 0. The van der Waals surface area contributed by atoms with Crippen molar-refractivity contribution in [2.24, 2.45) is 0 Å². The lowest BCUT2D eigenvalue weighted by Crippen LogP contribution is -1.94. The highest BCUT2D eigenvalue weighted by atomic mass is 35.5. The first-order chi connectivity index (χ1) is 5.66. The number of hydrogen-bond acceptors (Lipinski definition) is 1. The summed E-state index contributed by atoms with van der Waals surface area (Å²) in [6.45, 7) is 4.24. The minimum absolute atomic E-state index is 0.443. The molecule has 0 spiro atoms. The fraction of sp³-hybridized carbons (Fsp3) is 0.400. The lowest BCUT2D eigenvalue weighted by Gasteiger charge is -2.12. The SMILES string of the molecule is COc1c(Cl)cccc1C(C)C. The van der Waals surface area contributed by atoms with E-state index in [-0.39, 0.29) is 0 Å². The first kappa shape index (κ1) is 9.40. The number of methoxy groups -OCH3 is 1. The van der Waals surface area contributed by atoms with E-state index in [1.165, 1.54) is 0 Å². The predicted octanol–water partition coefficient (Wildman–Crippen LogP) is 3.47. The standard InChI is InChI=1S/C10H13ClO/c1-7(2)8-5-4-6-9(11)10(8)12-3/h4-7H,1-3H3. The summed E-state index contributed by atoms with van der Waals surface area (Å²) < 4.78 is 5.21. The Bertz CT molecular complexity index is 269. The molecule has 2 heteroatoms. The van der Waals surface area contributed by atoms with Gasteiger partial charge in [-0.2, -0.15) is 0 Å². The van der Waals surface area contributed by atoms with Crippen LogP contribution < -0.4 is 4.74 Å². The number of benzene rings is 1. The van der Waals surface area contributed by atoms with Crippen LogP contribution in [0.5, 0.6) is 5.75 Å². The molecule has 0 saturated heterocycles. The van der Waals surface area contributed by atoms with E-state index >= 15 is 0 Å². The molecule has 0 heterocycles. The van der Waals surface area contributed by atoms with E-state index in [9.17, 15) is 0 Å². The zero-order chi connectivity index (χ0) is 9.14. The normalized spacial score (nSPS) is 10.4. The first-order valence-electron chi connectivity index (χ1n) is 3.99. The van der Waals surface area contributed by atoms with Gasteiger partial charge < -0.3 is 4.74 Å². The van der Waals surface area contributed by atoms with Gasteiger partial charge in [-0.3, -0.25) is 0 Å². The molecular formula is C10H13ClO. The molecule has 1 rings (SSSR count). The quantitative estimate of drug-likeness (QED) is 0.684. The fourth-order valence-electron chi connectivity index (χ4n) is 1.20. The Labute approximate surface area is 78.3 Å². The molecule has 66 valence electrons. The van der Waals surface area contributed by atoms with Gasteiger partial charge in [0.2, 0.25) is 0 Å². The zero-order valence-electron chi connectivity index (χ0n) is 7.60. The van der Waals surface area contributed by atoms with Crippen LogP contribution >= 0.6 is 11.6 Å². The molecule has 0 aromatic heterocycles. The van der Waals surface area contributed by atoms with Crippen molar-refractivity contribution in [2.75, 3.05) is 7.11 Å². The maximum atomic E-state index is 5.95. The molecule has 0 unspecified atom stereocenters. The number of para-hydroxylation sites is 1. The Morgan fingerprint density at radius 2 is 2.00 bits per heavy atom. The number of rotatable bonds is 2. The van der Waals surface area contributed by atoms with E-state index in [4.69, 9.17) is 16.3 Å². The largest absolute Gasteiger partial charge is 0.495 e. The molecule has 12 heavy (non-hydrogen) atoms. The van der Waals surface area contributed by atoms with Crippen LogP contribution in [0.25, 0.3) is 0 Å². The summed E-state index contributed by atoms with van der Waals surface area (Å²) in [7, 11) is 1.65. The van der Waals surface area contributed by atoms with Crippen LogP contribution in [0.15, 0.2) is 18.2 Å². The van der Waals surface area contributed by atoms with E-state index in [0.717, 1.165) is 11.3 Å². The molecule has 0 amide bonds. The first-order valence-corrected chi connectivity index (χ1v) is 4.37. The van der Waals surface area contributed by atoms with Crippen LogP contribution in [0.1, 0.15) is 25.3 Å². The Morgan fingerprint density at radius 3 is 2.42 bits per heavy atom.